The van der Waals surface area contributed by atoms with Crippen LogP contribution in [0.4, 0.5) is 5.82 Å². The van der Waals surface area contributed by atoms with E-state index in [9.17, 15) is 0 Å². The van der Waals surface area contributed by atoms with Gasteiger partial charge in [-0.1, -0.05) is 47.6 Å². The summed E-state index contributed by atoms with van der Waals surface area (Å²) in [7, 11) is 0. The van der Waals surface area contributed by atoms with E-state index in [-0.39, 0.29) is 10.8 Å². The van der Waals surface area contributed by atoms with Gasteiger partial charge in [0, 0.05) is 23.7 Å². The first-order valence-corrected chi connectivity index (χ1v) is 6.43. The number of hydrogen-bond donors (Lipinski definition) is 1. The molecule has 0 fully saturated rings. The van der Waals surface area contributed by atoms with Gasteiger partial charge in [0.15, 0.2) is 0 Å². The van der Waals surface area contributed by atoms with Crippen LogP contribution in [0.1, 0.15) is 53.0 Å². The molecule has 1 aliphatic heterocycles. The molecule has 1 N–H and O–H groups in total. The van der Waals surface area contributed by atoms with Crippen LogP contribution in [0, 0.1) is 10.8 Å². The minimum Gasteiger partial charge on any atom is -0.366 e. The molecule has 1 unspecified atom stereocenters. The Bertz CT molecular complexity index is 410. The van der Waals surface area contributed by atoms with Gasteiger partial charge in [-0.05, 0) is 16.9 Å². The quantitative estimate of drug-likeness (QED) is 0.730. The van der Waals surface area contributed by atoms with E-state index in [1.807, 2.05) is 12.3 Å². The van der Waals surface area contributed by atoms with Gasteiger partial charge < -0.3 is 5.32 Å². The summed E-state index contributed by atoms with van der Waals surface area (Å²) in [6.07, 6.45) is 1.87. The molecule has 0 aliphatic carbocycles. The van der Waals surface area contributed by atoms with Crippen LogP contribution in [0.3, 0.4) is 0 Å². The summed E-state index contributed by atoms with van der Waals surface area (Å²) in [5.41, 5.74) is 1.86. The highest BCUT2D eigenvalue weighted by Gasteiger charge is 2.45. The Morgan fingerprint density at radius 3 is 2.24 bits per heavy atom. The molecule has 0 spiro atoms. The third-order valence-corrected chi connectivity index (χ3v) is 3.67. The summed E-state index contributed by atoms with van der Waals surface area (Å²) in [6.45, 7) is 13.9. The van der Waals surface area contributed by atoms with Gasteiger partial charge in [0.2, 0.25) is 0 Å². The molecule has 0 aromatic carbocycles. The first kappa shape index (κ1) is 12.4. The number of aromatic nitrogens is 1. The Hall–Kier alpha value is -1.05. The fourth-order valence-corrected chi connectivity index (χ4v) is 2.88. The Morgan fingerprint density at radius 1 is 1.06 bits per heavy atom. The van der Waals surface area contributed by atoms with Crippen molar-refractivity contribution < 1.29 is 0 Å². The van der Waals surface area contributed by atoms with E-state index in [2.05, 4.69) is 57.9 Å². The first-order valence-electron chi connectivity index (χ1n) is 6.43. The van der Waals surface area contributed by atoms with E-state index < -0.39 is 0 Å². The van der Waals surface area contributed by atoms with Crippen LogP contribution in [-0.4, -0.2) is 11.0 Å². The molecule has 94 valence electrons. The van der Waals surface area contributed by atoms with E-state index in [0.717, 1.165) is 5.82 Å². The van der Waals surface area contributed by atoms with E-state index in [0.29, 0.717) is 12.0 Å². The second-order valence-electron chi connectivity index (χ2n) is 7.27. The van der Waals surface area contributed by atoms with Gasteiger partial charge in [-0.2, -0.15) is 0 Å². The van der Waals surface area contributed by atoms with Crippen molar-refractivity contribution in [2.75, 3.05) is 5.32 Å². The molecule has 1 aromatic rings. The predicted molar refractivity (Wildman–Crippen MR) is 73.3 cm³/mol. The molecular formula is C15H24N2. The van der Waals surface area contributed by atoms with Crippen molar-refractivity contribution in [3.8, 4) is 0 Å². The van der Waals surface area contributed by atoms with Crippen molar-refractivity contribution in [1.29, 1.82) is 0 Å². The summed E-state index contributed by atoms with van der Waals surface area (Å²) in [5, 5.41) is 3.62. The number of nitrogens with one attached hydrogen (secondary N) is 1. The topological polar surface area (TPSA) is 24.9 Å². The minimum absolute atomic E-state index is 0.235. The number of hydrogen-bond acceptors (Lipinski definition) is 2. The molecule has 0 bridgehead atoms. The lowest BCUT2D eigenvalue weighted by molar-refractivity contribution is 0.214. The zero-order chi connectivity index (χ0) is 12.8. The SMILES string of the molecule is CC(C)(C)C1c2cccnc2N[C@@H]1C(C)(C)C. The maximum absolute atomic E-state index is 4.48. The van der Waals surface area contributed by atoms with Crippen molar-refractivity contribution >= 4 is 5.82 Å². The highest BCUT2D eigenvalue weighted by Crippen LogP contribution is 2.50. The van der Waals surface area contributed by atoms with Crippen LogP contribution in [0.5, 0.6) is 0 Å². The molecule has 2 heterocycles. The van der Waals surface area contributed by atoms with E-state index in [4.69, 9.17) is 0 Å². The Labute approximate surface area is 105 Å². The molecule has 0 radical (unpaired) electrons. The molecule has 2 rings (SSSR count). The fraction of sp³-hybridized carbons (Fsp3) is 0.667. The standard InChI is InChI=1S/C15H24N2/c1-14(2,3)11-10-8-7-9-16-13(10)17-12(11)15(4,5)6/h7-9,11-12H,1-6H3,(H,16,17)/t11?,12-/m0/s1. The Balaban J connectivity index is 2.48. The molecule has 2 atom stereocenters. The van der Waals surface area contributed by atoms with E-state index in [1.165, 1.54) is 5.56 Å². The Kier molecular flexibility index (Phi) is 2.72. The molecular weight excluding hydrogens is 208 g/mol. The lowest BCUT2D eigenvalue weighted by atomic mass is 9.67. The Morgan fingerprint density at radius 2 is 1.71 bits per heavy atom. The molecule has 17 heavy (non-hydrogen) atoms. The molecule has 0 saturated carbocycles. The molecule has 1 aliphatic rings. The zero-order valence-electron chi connectivity index (χ0n) is 11.8. The molecule has 0 saturated heterocycles. The largest absolute Gasteiger partial charge is 0.366 e. The van der Waals surface area contributed by atoms with Crippen LogP contribution < -0.4 is 5.32 Å². The van der Waals surface area contributed by atoms with Crippen molar-refractivity contribution in [3.63, 3.8) is 0 Å². The highest BCUT2D eigenvalue weighted by molar-refractivity contribution is 5.55. The third kappa shape index (κ3) is 2.18. The molecule has 1 aromatic heterocycles. The summed E-state index contributed by atoms with van der Waals surface area (Å²) >= 11 is 0. The summed E-state index contributed by atoms with van der Waals surface area (Å²) in [4.78, 5) is 4.48. The van der Waals surface area contributed by atoms with Crippen molar-refractivity contribution in [1.82, 2.24) is 4.98 Å². The normalized spacial score (nSPS) is 24.4. The van der Waals surface area contributed by atoms with Crippen LogP contribution in [0.25, 0.3) is 0 Å². The van der Waals surface area contributed by atoms with Crippen LogP contribution in [0.2, 0.25) is 0 Å². The maximum Gasteiger partial charge on any atom is 0.129 e. The van der Waals surface area contributed by atoms with Crippen molar-refractivity contribution in [2.45, 2.75) is 53.5 Å². The zero-order valence-corrected chi connectivity index (χ0v) is 11.8. The van der Waals surface area contributed by atoms with Gasteiger partial charge in [-0.25, -0.2) is 4.98 Å². The molecule has 0 amide bonds. The lowest BCUT2D eigenvalue weighted by Crippen LogP contribution is -2.40. The minimum atomic E-state index is 0.235. The average Bonchev–Trinajstić information content (AvgIpc) is 2.54. The second kappa shape index (κ2) is 3.72. The number of rotatable bonds is 0. The van der Waals surface area contributed by atoms with Gasteiger partial charge in [-0.15, -0.1) is 0 Å². The maximum atomic E-state index is 4.48. The van der Waals surface area contributed by atoms with Crippen LogP contribution >= 0.6 is 0 Å². The molecule has 2 nitrogen and oxygen atoms in total. The lowest BCUT2D eigenvalue weighted by Gasteiger charge is -2.39. The molecule has 2 heteroatoms. The second-order valence-corrected chi connectivity index (χ2v) is 7.27. The predicted octanol–water partition coefficient (Wildman–Crippen LogP) is 4.05. The van der Waals surface area contributed by atoms with Crippen LogP contribution in [-0.2, 0) is 0 Å². The van der Waals surface area contributed by atoms with Crippen LogP contribution in [0.15, 0.2) is 18.3 Å². The van der Waals surface area contributed by atoms with Gasteiger partial charge in [-0.3, -0.25) is 0 Å². The van der Waals surface area contributed by atoms with Gasteiger partial charge >= 0.3 is 0 Å². The third-order valence-electron chi connectivity index (χ3n) is 3.67. The summed E-state index contributed by atoms with van der Waals surface area (Å²) in [6, 6.07) is 4.72. The smallest absolute Gasteiger partial charge is 0.129 e. The van der Waals surface area contributed by atoms with Gasteiger partial charge in [0.1, 0.15) is 5.82 Å². The number of pyridine rings is 1. The monoisotopic (exact) mass is 232 g/mol. The summed E-state index contributed by atoms with van der Waals surface area (Å²) in [5.74, 6) is 1.60. The van der Waals surface area contributed by atoms with Gasteiger partial charge in [0.05, 0.1) is 0 Å². The number of anilines is 1. The van der Waals surface area contributed by atoms with E-state index >= 15 is 0 Å². The van der Waals surface area contributed by atoms with Crippen molar-refractivity contribution in [2.24, 2.45) is 10.8 Å². The summed E-state index contributed by atoms with van der Waals surface area (Å²) < 4.78 is 0. The number of nitrogens with zero attached hydrogens (tertiary/aromatic N) is 1. The highest BCUT2D eigenvalue weighted by atomic mass is 15.1. The first-order chi connectivity index (χ1) is 7.71. The van der Waals surface area contributed by atoms with E-state index in [1.54, 1.807) is 0 Å². The van der Waals surface area contributed by atoms with Crippen molar-refractivity contribution in [3.05, 3.63) is 23.9 Å². The fourth-order valence-electron chi connectivity index (χ4n) is 2.88. The van der Waals surface area contributed by atoms with Gasteiger partial charge in [0.25, 0.3) is 0 Å². The number of fused-ring (bicyclic) bond motifs is 1. The average molecular weight is 232 g/mol.